The molecule has 4 nitrogen and oxygen atoms in total. The Labute approximate surface area is 221 Å². The van der Waals surface area contributed by atoms with Gasteiger partial charge in [0, 0.05) is 46.2 Å². The van der Waals surface area contributed by atoms with Gasteiger partial charge >= 0.3 is 0 Å². The fourth-order valence-electron chi connectivity index (χ4n) is 4.91. The maximum absolute atomic E-state index is 13.0. The zero-order chi connectivity index (χ0) is 25.9. The summed E-state index contributed by atoms with van der Waals surface area (Å²) in [6, 6.07) is 39.5. The molecule has 0 fully saturated rings. The van der Waals surface area contributed by atoms with Gasteiger partial charge in [0.25, 0.3) is 0 Å². The molecule has 0 saturated heterocycles. The summed E-state index contributed by atoms with van der Waals surface area (Å²) in [6.45, 7) is 0.568. The molecule has 0 aliphatic heterocycles. The summed E-state index contributed by atoms with van der Waals surface area (Å²) in [7, 11) is 0. The second-order valence-electron chi connectivity index (χ2n) is 9.39. The van der Waals surface area contributed by atoms with E-state index in [2.05, 4.69) is 0 Å². The molecule has 0 N–H and O–H groups in total. The van der Waals surface area contributed by atoms with Crippen LogP contribution in [0.1, 0.15) is 20.7 Å². The number of pyridine rings is 2. The van der Waals surface area contributed by atoms with Crippen molar-refractivity contribution in [3.8, 4) is 11.1 Å². The summed E-state index contributed by atoms with van der Waals surface area (Å²) in [5, 5.41) is 2.21. The highest BCUT2D eigenvalue weighted by atomic mass is 16.1. The molecular weight excluding hydrogens is 468 g/mol. The number of ketones is 2. The zero-order valence-electron chi connectivity index (χ0n) is 20.8. The van der Waals surface area contributed by atoms with Crippen LogP contribution in [0.25, 0.3) is 32.9 Å². The molecule has 182 valence electrons. The van der Waals surface area contributed by atoms with E-state index < -0.39 is 0 Å². The largest absolute Gasteiger partial charge is 0.287 e. The minimum Gasteiger partial charge on any atom is -0.287 e. The van der Waals surface area contributed by atoms with Crippen LogP contribution >= 0.6 is 0 Å². The fourth-order valence-corrected chi connectivity index (χ4v) is 4.91. The average Bonchev–Trinajstić information content (AvgIpc) is 2.98. The van der Waals surface area contributed by atoms with E-state index in [0.717, 1.165) is 32.9 Å². The van der Waals surface area contributed by atoms with Crippen molar-refractivity contribution >= 4 is 33.4 Å². The van der Waals surface area contributed by atoms with Crippen molar-refractivity contribution < 1.29 is 18.7 Å². The van der Waals surface area contributed by atoms with Crippen LogP contribution in [0, 0.1) is 0 Å². The molecule has 4 aromatic carbocycles. The van der Waals surface area contributed by atoms with Crippen molar-refractivity contribution in [2.45, 2.75) is 13.1 Å². The normalized spacial score (nSPS) is 11.1. The van der Waals surface area contributed by atoms with Crippen molar-refractivity contribution in [2.75, 3.05) is 0 Å². The standard InChI is InChI=1S/C34H26N2O2/c37-33(23-35-21-5-9-27-7-1-3-11-31(27)35)29-17-13-25(14-18-29)26-15-19-30(20-16-26)34(38)24-36-22-6-10-28-8-2-4-12-32(28)36/h1-22H,23-24H2/q+2. The highest BCUT2D eigenvalue weighted by Crippen LogP contribution is 2.21. The molecule has 0 unspecified atom stereocenters. The minimum absolute atomic E-state index is 0.0600. The molecule has 2 aromatic heterocycles. The zero-order valence-corrected chi connectivity index (χ0v) is 20.8. The van der Waals surface area contributed by atoms with Crippen molar-refractivity contribution in [3.63, 3.8) is 0 Å². The molecule has 0 radical (unpaired) electrons. The Kier molecular flexibility index (Phi) is 6.29. The van der Waals surface area contributed by atoms with Gasteiger partial charge in [-0.05, 0) is 35.4 Å². The van der Waals surface area contributed by atoms with Crippen LogP contribution in [0.2, 0.25) is 0 Å². The van der Waals surface area contributed by atoms with Crippen LogP contribution in [-0.4, -0.2) is 11.6 Å². The lowest BCUT2D eigenvalue weighted by molar-refractivity contribution is -0.657. The molecule has 6 aromatic rings. The summed E-state index contributed by atoms with van der Waals surface area (Å²) in [5.74, 6) is 0.120. The Morgan fingerprint density at radius 3 is 1.24 bits per heavy atom. The molecular formula is C34H26N2O2+2. The molecule has 0 atom stereocenters. The first-order valence-electron chi connectivity index (χ1n) is 12.7. The second kappa shape index (κ2) is 10.2. The van der Waals surface area contributed by atoms with Gasteiger partial charge in [0.1, 0.15) is 0 Å². The van der Waals surface area contributed by atoms with E-state index in [1.165, 1.54) is 0 Å². The molecule has 0 amide bonds. The number of aromatic nitrogens is 2. The molecule has 0 spiro atoms. The molecule has 6 rings (SSSR count). The number of rotatable bonds is 7. The maximum Gasteiger partial charge on any atom is 0.227 e. The molecule has 0 aliphatic carbocycles. The van der Waals surface area contributed by atoms with E-state index in [-0.39, 0.29) is 24.7 Å². The van der Waals surface area contributed by atoms with E-state index in [4.69, 9.17) is 0 Å². The number of benzene rings is 4. The lowest BCUT2D eigenvalue weighted by Crippen LogP contribution is -2.38. The Bertz CT molecular complexity index is 1640. The van der Waals surface area contributed by atoms with E-state index in [9.17, 15) is 9.59 Å². The van der Waals surface area contributed by atoms with Crippen molar-refractivity contribution in [2.24, 2.45) is 0 Å². The van der Waals surface area contributed by atoms with E-state index in [1.807, 2.05) is 143 Å². The van der Waals surface area contributed by atoms with Crippen LogP contribution < -0.4 is 9.13 Å². The van der Waals surface area contributed by atoms with Gasteiger partial charge in [-0.25, -0.2) is 0 Å². The number of carbonyl (C=O) groups is 2. The Morgan fingerprint density at radius 2 is 0.816 bits per heavy atom. The lowest BCUT2D eigenvalue weighted by Gasteiger charge is -2.06. The van der Waals surface area contributed by atoms with Crippen LogP contribution in [0.15, 0.2) is 134 Å². The minimum atomic E-state index is 0.0600. The SMILES string of the molecule is O=C(C[n+]1cccc2ccccc21)c1ccc(-c2ccc(C(=O)C[n+]3cccc4ccccc43)cc2)cc1. The summed E-state index contributed by atoms with van der Waals surface area (Å²) in [5.41, 5.74) is 5.42. The number of hydrogen-bond acceptors (Lipinski definition) is 2. The van der Waals surface area contributed by atoms with E-state index in [1.54, 1.807) is 0 Å². The predicted molar refractivity (Wildman–Crippen MR) is 149 cm³/mol. The van der Waals surface area contributed by atoms with Gasteiger partial charge in [-0.1, -0.05) is 72.8 Å². The molecule has 4 heteroatoms. The average molecular weight is 495 g/mol. The smallest absolute Gasteiger partial charge is 0.227 e. The van der Waals surface area contributed by atoms with E-state index in [0.29, 0.717) is 11.1 Å². The van der Waals surface area contributed by atoms with Crippen LogP contribution in [0.3, 0.4) is 0 Å². The number of Topliss-reactive ketones (excluding diaryl/α,β-unsaturated/α-hetero) is 2. The first kappa shape index (κ1) is 23.4. The van der Waals surface area contributed by atoms with Gasteiger partial charge < -0.3 is 0 Å². The van der Waals surface area contributed by atoms with Crippen LogP contribution in [0.5, 0.6) is 0 Å². The quantitative estimate of drug-likeness (QED) is 0.202. The van der Waals surface area contributed by atoms with Gasteiger partial charge in [-0.2, -0.15) is 9.13 Å². The number of hydrogen-bond donors (Lipinski definition) is 0. The monoisotopic (exact) mass is 494 g/mol. The highest BCUT2D eigenvalue weighted by Gasteiger charge is 2.17. The number of carbonyl (C=O) groups excluding carboxylic acids is 2. The number of para-hydroxylation sites is 2. The first-order chi connectivity index (χ1) is 18.7. The Hall–Kier alpha value is -4.96. The summed E-state index contributed by atoms with van der Waals surface area (Å²) >= 11 is 0. The Morgan fingerprint density at radius 1 is 0.447 bits per heavy atom. The van der Waals surface area contributed by atoms with Gasteiger partial charge in [0.2, 0.25) is 35.7 Å². The molecule has 0 bridgehead atoms. The van der Waals surface area contributed by atoms with Crippen LogP contribution in [0.4, 0.5) is 0 Å². The second-order valence-corrected chi connectivity index (χ2v) is 9.39. The van der Waals surface area contributed by atoms with Crippen molar-refractivity contribution in [1.29, 1.82) is 0 Å². The van der Waals surface area contributed by atoms with Gasteiger partial charge in [0.15, 0.2) is 12.4 Å². The molecule has 0 aliphatic rings. The summed E-state index contributed by atoms with van der Waals surface area (Å²) in [6.07, 6.45) is 3.88. The fraction of sp³-hybridized carbons (Fsp3) is 0.0588. The third-order valence-electron chi connectivity index (χ3n) is 6.95. The molecule has 0 saturated carbocycles. The maximum atomic E-state index is 13.0. The van der Waals surface area contributed by atoms with Crippen molar-refractivity contribution in [1.82, 2.24) is 0 Å². The lowest BCUT2D eigenvalue weighted by atomic mass is 10.00. The topological polar surface area (TPSA) is 41.9 Å². The van der Waals surface area contributed by atoms with Gasteiger partial charge in [0.05, 0.1) is 0 Å². The molecule has 2 heterocycles. The summed E-state index contributed by atoms with van der Waals surface area (Å²) in [4.78, 5) is 26.0. The summed E-state index contributed by atoms with van der Waals surface area (Å²) < 4.78 is 3.97. The first-order valence-corrected chi connectivity index (χ1v) is 12.7. The third-order valence-corrected chi connectivity index (χ3v) is 6.95. The number of fused-ring (bicyclic) bond motifs is 2. The highest BCUT2D eigenvalue weighted by molar-refractivity contribution is 5.97. The predicted octanol–water partition coefficient (Wildman–Crippen LogP) is 6.00. The molecule has 38 heavy (non-hydrogen) atoms. The Balaban J connectivity index is 1.15. The number of nitrogens with zero attached hydrogens (tertiary/aromatic N) is 2. The van der Waals surface area contributed by atoms with Crippen LogP contribution in [-0.2, 0) is 13.1 Å². The third kappa shape index (κ3) is 4.72. The van der Waals surface area contributed by atoms with Gasteiger partial charge in [-0.15, -0.1) is 0 Å². The van der Waals surface area contributed by atoms with Gasteiger partial charge in [-0.3, -0.25) is 9.59 Å². The van der Waals surface area contributed by atoms with Crippen molar-refractivity contribution in [3.05, 3.63) is 145 Å². The van der Waals surface area contributed by atoms with E-state index >= 15 is 0 Å².